The number of imidazole rings is 1. The van der Waals surface area contributed by atoms with E-state index in [0.717, 1.165) is 36.8 Å². The number of imide groups is 1. The Morgan fingerprint density at radius 1 is 0.967 bits per heavy atom. The van der Waals surface area contributed by atoms with Crippen molar-refractivity contribution < 1.29 is 9.59 Å². The Morgan fingerprint density at radius 2 is 1.63 bits per heavy atom. The lowest BCUT2D eigenvalue weighted by molar-refractivity contribution is -0.135. The molecule has 2 amide bonds. The number of nitrogens with two attached hydrogens (primary N) is 1. The van der Waals surface area contributed by atoms with Crippen molar-refractivity contribution in [2.45, 2.75) is 76.7 Å². The number of aromatic nitrogens is 2. The van der Waals surface area contributed by atoms with Crippen LogP contribution in [0.5, 0.6) is 0 Å². The maximum atomic E-state index is 12.8. The Bertz CT molecular complexity index is 944. The summed E-state index contributed by atoms with van der Waals surface area (Å²) in [4.78, 5) is 36.5. The number of piperidine rings is 1. The third-order valence-electron chi connectivity index (χ3n) is 6.10. The monoisotopic (exact) mass is 414 g/mol. The summed E-state index contributed by atoms with van der Waals surface area (Å²) in [7, 11) is 1.74. The smallest absolute Gasteiger partial charge is 0.329 e. The van der Waals surface area contributed by atoms with E-state index in [0.29, 0.717) is 6.42 Å². The van der Waals surface area contributed by atoms with Crippen LogP contribution >= 0.6 is 0 Å². The number of rotatable bonds is 11. The maximum Gasteiger partial charge on any atom is 0.329 e. The molecule has 2 heterocycles. The van der Waals surface area contributed by atoms with Crippen LogP contribution < -0.4 is 16.7 Å². The van der Waals surface area contributed by atoms with Gasteiger partial charge in [-0.05, 0) is 49.9 Å². The Kier molecular flexibility index (Phi) is 7.85. The molecular formula is C23H34N4O3. The maximum absolute atomic E-state index is 12.8. The van der Waals surface area contributed by atoms with Gasteiger partial charge in [0.05, 0.1) is 11.0 Å². The third-order valence-corrected chi connectivity index (χ3v) is 6.10. The zero-order chi connectivity index (χ0) is 21.5. The number of carbonyl (C=O) groups is 2. The molecule has 1 aliphatic rings. The first-order valence-corrected chi connectivity index (χ1v) is 11.3. The van der Waals surface area contributed by atoms with Crippen LogP contribution in [0.2, 0.25) is 0 Å². The van der Waals surface area contributed by atoms with Crippen LogP contribution in [0.15, 0.2) is 23.0 Å². The van der Waals surface area contributed by atoms with Crippen LogP contribution in [0, 0.1) is 0 Å². The van der Waals surface area contributed by atoms with Gasteiger partial charge in [0.15, 0.2) is 0 Å². The molecule has 0 bridgehead atoms. The molecule has 0 saturated carbocycles. The number of fused-ring (bicyclic) bond motifs is 1. The largest absolute Gasteiger partial charge is 0.330 e. The van der Waals surface area contributed by atoms with Crippen molar-refractivity contribution in [1.82, 2.24) is 14.5 Å². The predicted octanol–water partition coefficient (Wildman–Crippen LogP) is 2.94. The van der Waals surface area contributed by atoms with E-state index in [1.165, 1.54) is 48.7 Å². The van der Waals surface area contributed by atoms with Crippen molar-refractivity contribution in [2.75, 3.05) is 6.54 Å². The summed E-state index contributed by atoms with van der Waals surface area (Å²) < 4.78 is 3.13. The molecule has 1 aliphatic heterocycles. The van der Waals surface area contributed by atoms with E-state index in [4.69, 9.17) is 5.73 Å². The van der Waals surface area contributed by atoms with Crippen molar-refractivity contribution in [1.29, 1.82) is 0 Å². The number of hydrogen-bond donors (Lipinski definition) is 2. The molecule has 3 rings (SSSR count). The number of aryl methyl sites for hydroxylation is 2. The van der Waals surface area contributed by atoms with E-state index >= 15 is 0 Å². The normalized spacial score (nSPS) is 16.9. The fourth-order valence-electron chi connectivity index (χ4n) is 4.33. The van der Waals surface area contributed by atoms with Gasteiger partial charge in [0.1, 0.15) is 6.04 Å². The fraction of sp³-hybridized carbons (Fsp3) is 0.609. The minimum Gasteiger partial charge on any atom is -0.330 e. The van der Waals surface area contributed by atoms with Crippen LogP contribution in [0.1, 0.15) is 75.8 Å². The van der Waals surface area contributed by atoms with Crippen LogP contribution in [-0.4, -0.2) is 27.5 Å². The van der Waals surface area contributed by atoms with Gasteiger partial charge in [0, 0.05) is 13.5 Å². The molecule has 7 heteroatoms. The summed E-state index contributed by atoms with van der Waals surface area (Å²) in [5.41, 5.74) is 8.09. The highest BCUT2D eigenvalue weighted by atomic mass is 16.2. The number of amides is 2. The molecule has 1 aromatic heterocycles. The van der Waals surface area contributed by atoms with E-state index in [-0.39, 0.29) is 18.0 Å². The number of unbranched alkanes of at least 4 members (excludes halogenated alkanes) is 7. The van der Waals surface area contributed by atoms with Gasteiger partial charge in [0.25, 0.3) is 0 Å². The second-order valence-corrected chi connectivity index (χ2v) is 8.37. The molecule has 2 aromatic rings. The summed E-state index contributed by atoms with van der Waals surface area (Å²) in [6.07, 6.45) is 11.4. The topological polar surface area (TPSA) is 99.1 Å². The minimum absolute atomic E-state index is 0.216. The van der Waals surface area contributed by atoms with E-state index in [2.05, 4.69) is 17.4 Å². The van der Waals surface area contributed by atoms with Gasteiger partial charge < -0.3 is 5.73 Å². The Balaban J connectivity index is 1.59. The first-order chi connectivity index (χ1) is 14.5. The van der Waals surface area contributed by atoms with Crippen molar-refractivity contribution in [3.63, 3.8) is 0 Å². The van der Waals surface area contributed by atoms with E-state index in [1.807, 2.05) is 6.07 Å². The highest BCUT2D eigenvalue weighted by Crippen LogP contribution is 2.24. The second-order valence-electron chi connectivity index (χ2n) is 8.37. The van der Waals surface area contributed by atoms with E-state index in [1.54, 1.807) is 11.6 Å². The minimum atomic E-state index is -0.630. The molecule has 0 radical (unpaired) electrons. The molecule has 1 atom stereocenters. The van der Waals surface area contributed by atoms with Crippen LogP contribution in [-0.2, 0) is 23.1 Å². The summed E-state index contributed by atoms with van der Waals surface area (Å²) in [5.74, 6) is -0.671. The number of nitrogens with zero attached hydrogens (tertiary/aromatic N) is 2. The van der Waals surface area contributed by atoms with E-state index in [9.17, 15) is 14.4 Å². The summed E-state index contributed by atoms with van der Waals surface area (Å²) >= 11 is 0. The lowest BCUT2D eigenvalue weighted by Crippen LogP contribution is -2.44. The molecule has 1 fully saturated rings. The van der Waals surface area contributed by atoms with Gasteiger partial charge in [0.2, 0.25) is 11.8 Å². The van der Waals surface area contributed by atoms with E-state index < -0.39 is 11.9 Å². The molecule has 1 unspecified atom stereocenters. The molecule has 1 saturated heterocycles. The number of benzene rings is 1. The van der Waals surface area contributed by atoms with Crippen LogP contribution in [0.25, 0.3) is 11.0 Å². The average Bonchev–Trinajstić information content (AvgIpc) is 2.97. The molecular weight excluding hydrogens is 380 g/mol. The van der Waals surface area contributed by atoms with Crippen molar-refractivity contribution in [3.8, 4) is 0 Å². The molecule has 7 nitrogen and oxygen atoms in total. The van der Waals surface area contributed by atoms with Crippen molar-refractivity contribution in [3.05, 3.63) is 34.2 Å². The highest BCUT2D eigenvalue weighted by Gasteiger charge is 2.31. The van der Waals surface area contributed by atoms with Gasteiger partial charge in [-0.1, -0.05) is 44.6 Å². The first-order valence-electron chi connectivity index (χ1n) is 11.3. The Morgan fingerprint density at radius 3 is 2.30 bits per heavy atom. The Labute approximate surface area is 177 Å². The molecule has 1 aromatic carbocycles. The first kappa shape index (κ1) is 22.3. The quantitative estimate of drug-likeness (QED) is 0.436. The fourth-order valence-corrected chi connectivity index (χ4v) is 4.33. The van der Waals surface area contributed by atoms with Crippen LogP contribution in [0.3, 0.4) is 0 Å². The molecule has 3 N–H and O–H groups in total. The van der Waals surface area contributed by atoms with Gasteiger partial charge in [-0.25, -0.2) is 4.79 Å². The zero-order valence-corrected chi connectivity index (χ0v) is 18.0. The lowest BCUT2D eigenvalue weighted by Gasteiger charge is -2.21. The summed E-state index contributed by atoms with van der Waals surface area (Å²) in [6.45, 7) is 0.798. The highest BCUT2D eigenvalue weighted by molar-refractivity contribution is 6.00. The van der Waals surface area contributed by atoms with Crippen molar-refractivity contribution >= 4 is 22.8 Å². The zero-order valence-electron chi connectivity index (χ0n) is 18.0. The molecule has 0 spiro atoms. The summed E-state index contributed by atoms with van der Waals surface area (Å²) in [5, 5.41) is 2.35. The summed E-state index contributed by atoms with van der Waals surface area (Å²) in [6, 6.07) is 5.42. The second kappa shape index (κ2) is 10.6. The standard InChI is InChI=1S/C23H34N4O3/c1-26-20-16-17(10-8-6-4-2-3-5-7-9-15-24)11-12-18(20)27(23(26)30)19-13-14-21(28)25-22(19)29/h11-12,16,19H,2-10,13-15,24H2,1H3,(H,25,28,29). The lowest BCUT2D eigenvalue weighted by atomic mass is 10.0. The third kappa shape index (κ3) is 5.19. The van der Waals surface area contributed by atoms with Crippen LogP contribution in [0.4, 0.5) is 0 Å². The van der Waals surface area contributed by atoms with Gasteiger partial charge in [-0.15, -0.1) is 0 Å². The molecule has 0 aliphatic carbocycles. The number of nitrogens with one attached hydrogen (secondary N) is 1. The Hall–Kier alpha value is -2.41. The van der Waals surface area contributed by atoms with Gasteiger partial charge in [-0.2, -0.15) is 0 Å². The molecule has 30 heavy (non-hydrogen) atoms. The number of carbonyl (C=O) groups excluding carboxylic acids is 2. The number of hydrogen-bond acceptors (Lipinski definition) is 4. The predicted molar refractivity (Wildman–Crippen MR) is 118 cm³/mol. The van der Waals surface area contributed by atoms with Gasteiger partial charge in [-0.3, -0.25) is 24.0 Å². The van der Waals surface area contributed by atoms with Crippen molar-refractivity contribution in [2.24, 2.45) is 12.8 Å². The average molecular weight is 415 g/mol. The molecule has 164 valence electrons. The van der Waals surface area contributed by atoms with Gasteiger partial charge >= 0.3 is 5.69 Å². The SMILES string of the molecule is Cn1c(=O)n(C2CCC(=O)NC2=O)c2ccc(CCCCCCCCCCN)cc21.